The molecule has 20 heteroatoms. The lowest BCUT2D eigenvalue weighted by Crippen LogP contribution is -0.382. The molecule has 0 fully saturated rings. The van der Waals surface area contributed by atoms with E-state index in [1.54, 1.807) is 0 Å². The predicted molar refractivity (Wildman–Crippen MR) is 104 cm³/mol. The van der Waals surface area contributed by atoms with Gasteiger partial charge in [0.2, 0.25) is 0 Å². The highest BCUT2D eigenvalue weighted by Crippen LogP contribution is -0.275. The Bertz CT molecular complexity index is 16.2. The first-order chi connectivity index (χ1) is 0. The highest BCUT2D eigenvalue weighted by Gasteiger charge is 0.191. The largest absolute Gasteiger partial charge is 0.412 e. The molecule has 0 aromatic rings. The normalized spacial score (nSPS) is 0. The average molecular weight is 420 g/mol. The third-order valence-electron chi connectivity index (χ3n) is 0. The second-order valence-corrected chi connectivity index (χ2v) is 0. The van der Waals surface area contributed by atoms with Gasteiger partial charge in [0.05, 0.1) is 0 Å². The summed E-state index contributed by atoms with van der Waals surface area (Å²) in [6, 6.07) is 0. The Morgan fingerprint density at radius 3 is 0.100 bits per heavy atom. The van der Waals surface area contributed by atoms with Crippen LogP contribution in [0.15, 0.2) is 0 Å². The van der Waals surface area contributed by atoms with Crippen LogP contribution in [-0.4, -0.2) is 169 Å². The standard InChI is InChI=1S/5Al.15H2O.15H/h;;;;;15*1H2;;;;;;;;;;;;;;;. The van der Waals surface area contributed by atoms with Gasteiger partial charge in [-0.25, -0.2) is 0 Å². The molecule has 30 N–H and O–H groups in total. The summed E-state index contributed by atoms with van der Waals surface area (Å²) < 4.78 is 0. The van der Waals surface area contributed by atoms with Crippen molar-refractivity contribution in [2.45, 2.75) is 0 Å². The molecule has 15 nitrogen and oxygen atoms in total. The van der Waals surface area contributed by atoms with Crippen LogP contribution in [-0.2, 0) is 0 Å². The van der Waals surface area contributed by atoms with Crippen molar-refractivity contribution in [1.29, 1.82) is 0 Å². The van der Waals surface area contributed by atoms with Gasteiger partial charge in [0.1, 0.15) is 0 Å². The van der Waals surface area contributed by atoms with E-state index in [2.05, 4.69) is 0 Å². The molecule has 150 valence electrons. The summed E-state index contributed by atoms with van der Waals surface area (Å²) in [4.78, 5) is 0. The van der Waals surface area contributed by atoms with Crippen LogP contribution < -0.4 is 0 Å². The first-order valence-corrected chi connectivity index (χ1v) is 0. The Kier molecular flexibility index (Phi) is 229000. The summed E-state index contributed by atoms with van der Waals surface area (Å²) in [5.41, 5.74) is 0. The van der Waals surface area contributed by atoms with Crippen LogP contribution >= 0.6 is 0 Å². The average Bonchev–Trinajstić information content (AvgIpc) is 0. The Balaban J connectivity index is 0. The van der Waals surface area contributed by atoms with E-state index < -0.39 is 0 Å². The fourth-order valence-corrected chi connectivity index (χ4v) is 0. The molecule has 0 aromatic carbocycles. The molecule has 0 aliphatic rings. The van der Waals surface area contributed by atoms with Gasteiger partial charge in [-0.05, 0) is 0 Å². The highest BCUT2D eigenvalue weighted by atomic mass is 27.0. The van der Waals surface area contributed by atoms with Crippen molar-refractivity contribution in [3.05, 3.63) is 0 Å². The minimum Gasteiger partial charge on any atom is -0.412 e. The van der Waals surface area contributed by atoms with Crippen molar-refractivity contribution in [3.8, 4) is 0 Å². The lowest BCUT2D eigenvalue weighted by molar-refractivity contribution is 0.823. The van der Waals surface area contributed by atoms with Gasteiger partial charge in [0, 0.05) is 0 Å². The second-order valence-electron chi connectivity index (χ2n) is 0. The van der Waals surface area contributed by atoms with Crippen molar-refractivity contribution in [1.82, 2.24) is 0 Å². The maximum absolute atomic E-state index is 0. The van der Waals surface area contributed by atoms with Crippen LogP contribution in [0.2, 0.25) is 0 Å². The summed E-state index contributed by atoms with van der Waals surface area (Å²) in [5, 5.41) is 0. The van der Waals surface area contributed by atoms with Crippen LogP contribution in [0, 0.1) is 0 Å². The van der Waals surface area contributed by atoms with Gasteiger partial charge in [0.25, 0.3) is 0 Å². The first kappa shape index (κ1) is 2300. The Morgan fingerprint density at radius 2 is 0.100 bits per heavy atom. The van der Waals surface area contributed by atoms with Gasteiger partial charge >= 0.3 is 0 Å². The predicted octanol–water partition coefficient (Wildman–Crippen LogP) is -18.3. The molecule has 0 aromatic heterocycles. The Morgan fingerprint density at radius 1 is 0.100 bits per heavy atom. The van der Waals surface area contributed by atoms with Gasteiger partial charge < -0.3 is 82.1 Å². The highest BCUT2D eigenvalue weighted by molar-refractivity contribution is 5.76. The van der Waals surface area contributed by atoms with Gasteiger partial charge in [0.15, 0.2) is 86.8 Å². The molecule has 0 saturated carbocycles. The molecular formula is H45Al5O15. The zero-order valence-electron chi connectivity index (χ0n) is 7.50. The minimum atomic E-state index is 0. The molecule has 0 aliphatic heterocycles. The van der Waals surface area contributed by atoms with Crippen LogP contribution in [0.5, 0.6) is 0 Å². The maximum atomic E-state index is 0. The van der Waals surface area contributed by atoms with E-state index in [9.17, 15) is 0 Å². The number of hydrogen-bond donors (Lipinski definition) is 0. The topological polar surface area (TPSA) is 472 Å². The van der Waals surface area contributed by atoms with E-state index in [0.29, 0.717) is 0 Å². The van der Waals surface area contributed by atoms with Crippen LogP contribution in [0.25, 0.3) is 0 Å². The van der Waals surface area contributed by atoms with Crippen LogP contribution in [0.4, 0.5) is 0 Å². The first-order valence-electron chi connectivity index (χ1n) is 0. The number of hydrogen-bond acceptors (Lipinski definition) is 0. The maximum Gasteiger partial charge on any atom is 0.187 e. The Labute approximate surface area is 168 Å². The summed E-state index contributed by atoms with van der Waals surface area (Å²) in [5.74, 6) is 0. The van der Waals surface area contributed by atoms with E-state index in [1.165, 1.54) is 0 Å². The van der Waals surface area contributed by atoms with Crippen molar-refractivity contribution in [2.24, 2.45) is 0 Å². The minimum absolute atomic E-state index is 0. The van der Waals surface area contributed by atoms with Crippen molar-refractivity contribution >= 4 is 86.8 Å². The van der Waals surface area contributed by atoms with Crippen molar-refractivity contribution in [2.75, 3.05) is 0 Å². The zero-order chi connectivity index (χ0) is 0. The fourth-order valence-electron chi connectivity index (χ4n) is 0. The zero-order valence-corrected chi connectivity index (χ0v) is 7.50. The van der Waals surface area contributed by atoms with Crippen LogP contribution in [0.1, 0.15) is 0 Å². The summed E-state index contributed by atoms with van der Waals surface area (Å²) in [6.45, 7) is 0. The van der Waals surface area contributed by atoms with E-state index in [1.807, 2.05) is 0 Å². The molecule has 0 unspecified atom stereocenters. The van der Waals surface area contributed by atoms with E-state index in [0.717, 1.165) is 0 Å². The van der Waals surface area contributed by atoms with E-state index >= 15 is 0 Å². The fraction of sp³-hybridized carbons (Fsp3) is 0. The molecule has 20 heavy (non-hydrogen) atoms. The smallest absolute Gasteiger partial charge is 0.187 e. The third-order valence-corrected chi connectivity index (χ3v) is 0. The molecular weight excluding hydrogens is 375 g/mol. The lowest BCUT2D eigenvalue weighted by atomic mass is 16.0. The summed E-state index contributed by atoms with van der Waals surface area (Å²) in [7, 11) is 0. The van der Waals surface area contributed by atoms with Gasteiger partial charge in [-0.3, -0.25) is 0 Å². The monoisotopic (exact) mass is 420 g/mol. The van der Waals surface area contributed by atoms with E-state index in [4.69, 9.17) is 0 Å². The molecule has 0 rings (SSSR count). The number of rotatable bonds is 0. The summed E-state index contributed by atoms with van der Waals surface area (Å²) >= 11 is 0. The van der Waals surface area contributed by atoms with Gasteiger partial charge in [-0.2, -0.15) is 0 Å². The quantitative estimate of drug-likeness (QED) is 0.329. The molecule has 0 heterocycles. The summed E-state index contributed by atoms with van der Waals surface area (Å²) in [6.07, 6.45) is 0. The van der Waals surface area contributed by atoms with Gasteiger partial charge in [-0.15, -0.1) is 0 Å². The SMILES string of the molecule is O.O.O.O.O.O.O.O.O.O.O.O.O.O.O.[AlH3].[AlH3].[AlH3].[AlH3].[AlH3]. The molecule has 0 spiro atoms. The van der Waals surface area contributed by atoms with Crippen LogP contribution in [0.3, 0.4) is 0 Å². The molecule has 0 aliphatic carbocycles. The van der Waals surface area contributed by atoms with Gasteiger partial charge in [-0.1, -0.05) is 0 Å². The molecule has 0 amide bonds. The molecule has 0 atom stereocenters. The van der Waals surface area contributed by atoms with Crippen molar-refractivity contribution < 1.29 is 82.1 Å². The molecule has 0 saturated heterocycles. The Hall–Kier alpha value is 2.06. The van der Waals surface area contributed by atoms with E-state index in [-0.39, 0.29) is 169 Å². The lowest BCUT2D eigenvalue weighted by Gasteiger charge is -0.413. The van der Waals surface area contributed by atoms with Crippen molar-refractivity contribution in [3.63, 3.8) is 0 Å². The molecule has 0 bridgehead atoms. The third kappa shape index (κ3) is 1710. The second kappa shape index (κ2) is 1990. The molecule has 0 radical (unpaired) electrons.